The predicted octanol–water partition coefficient (Wildman–Crippen LogP) is 2.41. The van der Waals surface area contributed by atoms with Crippen LogP contribution >= 0.6 is 0 Å². The van der Waals surface area contributed by atoms with Gasteiger partial charge in [0.05, 0.1) is 30.1 Å². The van der Waals surface area contributed by atoms with Gasteiger partial charge in [-0.25, -0.2) is 4.39 Å². The van der Waals surface area contributed by atoms with Crippen LogP contribution in [0.1, 0.15) is 20.3 Å². The van der Waals surface area contributed by atoms with Gasteiger partial charge in [-0.2, -0.15) is 0 Å². The monoisotopic (exact) mass is 238 g/mol. The van der Waals surface area contributed by atoms with Gasteiger partial charge in [0.25, 0.3) is 0 Å². The van der Waals surface area contributed by atoms with Crippen LogP contribution in [0.3, 0.4) is 0 Å². The van der Waals surface area contributed by atoms with Gasteiger partial charge in [-0.05, 0) is 31.5 Å². The maximum atomic E-state index is 13.0. The minimum absolute atomic E-state index is 0.183. The van der Waals surface area contributed by atoms with Gasteiger partial charge in [-0.15, -0.1) is 0 Å². The molecule has 1 aromatic carbocycles. The first-order valence-corrected chi connectivity index (χ1v) is 6.05. The zero-order valence-corrected chi connectivity index (χ0v) is 10.3. The third kappa shape index (κ3) is 2.52. The number of benzene rings is 1. The molecule has 1 heterocycles. The number of ether oxygens (including phenoxy) is 1. The number of rotatable bonds is 2. The van der Waals surface area contributed by atoms with Crippen molar-refractivity contribution < 1.29 is 9.13 Å². The van der Waals surface area contributed by atoms with E-state index in [1.807, 2.05) is 6.92 Å². The normalized spacial score (nSPS) is 25.0. The highest BCUT2D eigenvalue weighted by atomic mass is 19.1. The first kappa shape index (κ1) is 12.2. The molecule has 1 fully saturated rings. The Morgan fingerprint density at radius 2 is 2.29 bits per heavy atom. The average molecular weight is 238 g/mol. The maximum Gasteiger partial charge on any atom is 0.125 e. The lowest BCUT2D eigenvalue weighted by Gasteiger charge is -2.40. The Hall–Kier alpha value is -1.29. The molecule has 2 atom stereocenters. The summed E-state index contributed by atoms with van der Waals surface area (Å²) in [6, 6.07) is 4.91. The molecule has 4 heteroatoms. The summed E-state index contributed by atoms with van der Waals surface area (Å²) < 4.78 is 18.7. The van der Waals surface area contributed by atoms with Crippen molar-refractivity contribution in [3.05, 3.63) is 24.0 Å². The molecule has 3 nitrogen and oxygen atoms in total. The van der Waals surface area contributed by atoms with Crippen LogP contribution in [0.25, 0.3) is 0 Å². The molecule has 0 amide bonds. The third-order valence-electron chi connectivity index (χ3n) is 3.24. The van der Waals surface area contributed by atoms with E-state index in [1.165, 1.54) is 12.1 Å². The smallest absolute Gasteiger partial charge is 0.125 e. The molecule has 0 saturated carbocycles. The second kappa shape index (κ2) is 4.92. The fourth-order valence-corrected chi connectivity index (χ4v) is 2.26. The molecular weight excluding hydrogens is 219 g/mol. The number of nitrogen functional groups attached to an aromatic ring is 1. The van der Waals surface area contributed by atoms with Crippen molar-refractivity contribution in [3.8, 4) is 0 Å². The minimum atomic E-state index is -0.291. The fraction of sp³-hybridized carbons (Fsp3) is 0.538. The van der Waals surface area contributed by atoms with E-state index < -0.39 is 0 Å². The number of nitrogens with two attached hydrogens (primary N) is 1. The van der Waals surface area contributed by atoms with Crippen LogP contribution in [0.15, 0.2) is 18.2 Å². The van der Waals surface area contributed by atoms with Gasteiger partial charge >= 0.3 is 0 Å². The second-order valence-corrected chi connectivity index (χ2v) is 4.56. The molecule has 2 unspecified atom stereocenters. The van der Waals surface area contributed by atoms with E-state index >= 15 is 0 Å². The predicted molar refractivity (Wildman–Crippen MR) is 67.7 cm³/mol. The largest absolute Gasteiger partial charge is 0.397 e. The van der Waals surface area contributed by atoms with Crippen molar-refractivity contribution in [2.45, 2.75) is 32.4 Å². The Morgan fingerprint density at radius 3 is 2.94 bits per heavy atom. The van der Waals surface area contributed by atoms with Crippen molar-refractivity contribution in [3.63, 3.8) is 0 Å². The van der Waals surface area contributed by atoms with E-state index in [1.54, 1.807) is 6.07 Å². The van der Waals surface area contributed by atoms with Crippen LogP contribution in [-0.2, 0) is 4.74 Å². The summed E-state index contributed by atoms with van der Waals surface area (Å²) in [6.07, 6.45) is 1.17. The van der Waals surface area contributed by atoms with Gasteiger partial charge in [0.2, 0.25) is 0 Å². The molecule has 94 valence electrons. The quantitative estimate of drug-likeness (QED) is 0.804. The summed E-state index contributed by atoms with van der Waals surface area (Å²) in [4.78, 5) is 2.23. The van der Waals surface area contributed by atoms with Crippen molar-refractivity contribution in [1.82, 2.24) is 0 Å². The van der Waals surface area contributed by atoms with E-state index in [4.69, 9.17) is 10.5 Å². The van der Waals surface area contributed by atoms with Crippen LogP contribution < -0.4 is 10.6 Å². The number of anilines is 2. The zero-order valence-electron chi connectivity index (χ0n) is 10.3. The number of hydrogen-bond acceptors (Lipinski definition) is 3. The lowest BCUT2D eigenvalue weighted by Crippen LogP contribution is -2.48. The number of morpholine rings is 1. The van der Waals surface area contributed by atoms with Crippen LogP contribution in [0, 0.1) is 5.82 Å². The second-order valence-electron chi connectivity index (χ2n) is 4.56. The summed E-state index contributed by atoms with van der Waals surface area (Å²) >= 11 is 0. The summed E-state index contributed by atoms with van der Waals surface area (Å²) in [6.45, 7) is 5.66. The molecule has 1 aliphatic rings. The van der Waals surface area contributed by atoms with Crippen LogP contribution in [-0.4, -0.2) is 25.3 Å². The van der Waals surface area contributed by atoms with E-state index in [0.717, 1.165) is 18.7 Å². The van der Waals surface area contributed by atoms with Crippen molar-refractivity contribution in [2.75, 3.05) is 23.8 Å². The lowest BCUT2D eigenvalue weighted by atomic mass is 10.1. The highest BCUT2D eigenvalue weighted by Gasteiger charge is 2.26. The van der Waals surface area contributed by atoms with Gasteiger partial charge in [0.1, 0.15) is 5.82 Å². The molecular formula is C13H19FN2O. The Labute approximate surface area is 101 Å². The molecule has 1 saturated heterocycles. The highest BCUT2D eigenvalue weighted by molar-refractivity contribution is 5.68. The van der Waals surface area contributed by atoms with Crippen molar-refractivity contribution >= 4 is 11.4 Å². The van der Waals surface area contributed by atoms with Crippen LogP contribution in [0.4, 0.5) is 15.8 Å². The summed E-state index contributed by atoms with van der Waals surface area (Å²) in [5, 5.41) is 0. The van der Waals surface area contributed by atoms with Gasteiger partial charge in [0, 0.05) is 6.54 Å². The molecule has 0 aromatic heterocycles. The Bertz CT molecular complexity index is 397. The summed E-state index contributed by atoms with van der Waals surface area (Å²) in [5.41, 5.74) is 7.30. The topological polar surface area (TPSA) is 38.5 Å². The third-order valence-corrected chi connectivity index (χ3v) is 3.24. The molecule has 1 aliphatic heterocycles. The first-order chi connectivity index (χ1) is 8.11. The molecule has 0 spiro atoms. The molecule has 1 aromatic rings. The molecule has 2 N–H and O–H groups in total. The van der Waals surface area contributed by atoms with Crippen molar-refractivity contribution in [1.29, 1.82) is 0 Å². The average Bonchev–Trinajstić information content (AvgIpc) is 2.29. The Kier molecular flexibility index (Phi) is 3.52. The molecule has 0 bridgehead atoms. The Morgan fingerprint density at radius 1 is 1.53 bits per heavy atom. The number of halogens is 1. The first-order valence-electron chi connectivity index (χ1n) is 6.05. The standard InChI is InChI=1S/C13H19FN2O/c1-3-11-8-17-9(2)7-16(11)13-5-4-10(14)6-12(13)15/h4-6,9,11H,3,7-8,15H2,1-2H3. The lowest BCUT2D eigenvalue weighted by molar-refractivity contribution is 0.0300. The minimum Gasteiger partial charge on any atom is -0.397 e. The molecule has 17 heavy (non-hydrogen) atoms. The van der Waals surface area contributed by atoms with Crippen LogP contribution in [0.2, 0.25) is 0 Å². The van der Waals surface area contributed by atoms with Gasteiger partial charge in [0.15, 0.2) is 0 Å². The van der Waals surface area contributed by atoms with Crippen LogP contribution in [0.5, 0.6) is 0 Å². The SMILES string of the molecule is CCC1COC(C)CN1c1ccc(F)cc1N. The number of nitrogens with zero attached hydrogens (tertiary/aromatic N) is 1. The van der Waals surface area contributed by atoms with Gasteiger partial charge in [-0.3, -0.25) is 0 Å². The zero-order chi connectivity index (χ0) is 12.4. The summed E-state index contributed by atoms with van der Waals surface area (Å²) in [5.74, 6) is -0.291. The fourth-order valence-electron chi connectivity index (χ4n) is 2.26. The summed E-state index contributed by atoms with van der Waals surface area (Å²) in [7, 11) is 0. The van der Waals surface area contributed by atoms with Gasteiger partial charge in [-0.1, -0.05) is 6.92 Å². The molecule has 2 rings (SSSR count). The van der Waals surface area contributed by atoms with Gasteiger partial charge < -0.3 is 15.4 Å². The van der Waals surface area contributed by atoms with E-state index in [0.29, 0.717) is 18.3 Å². The maximum absolute atomic E-state index is 13.0. The van der Waals surface area contributed by atoms with E-state index in [2.05, 4.69) is 11.8 Å². The molecule has 0 aliphatic carbocycles. The van der Waals surface area contributed by atoms with E-state index in [-0.39, 0.29) is 11.9 Å². The highest BCUT2D eigenvalue weighted by Crippen LogP contribution is 2.29. The number of hydrogen-bond donors (Lipinski definition) is 1. The Balaban J connectivity index is 2.28. The van der Waals surface area contributed by atoms with Crippen molar-refractivity contribution in [2.24, 2.45) is 0 Å². The molecule has 0 radical (unpaired) electrons. The van der Waals surface area contributed by atoms with E-state index in [9.17, 15) is 4.39 Å².